The van der Waals surface area contributed by atoms with Crippen LogP contribution >= 0.6 is 0 Å². The summed E-state index contributed by atoms with van der Waals surface area (Å²) in [7, 11) is 0. The Bertz CT molecular complexity index is 1220. The summed E-state index contributed by atoms with van der Waals surface area (Å²) in [5.41, 5.74) is 2.88. The van der Waals surface area contributed by atoms with Gasteiger partial charge in [0, 0.05) is 12.7 Å². The van der Waals surface area contributed by atoms with E-state index in [0.29, 0.717) is 19.1 Å². The lowest BCUT2D eigenvalue weighted by Crippen LogP contribution is -2.40. The molecule has 7 heteroatoms. The van der Waals surface area contributed by atoms with Crippen LogP contribution in [-0.4, -0.2) is 45.0 Å². The van der Waals surface area contributed by atoms with Gasteiger partial charge in [-0.15, -0.1) is 0 Å². The van der Waals surface area contributed by atoms with Gasteiger partial charge in [0.05, 0.1) is 29.5 Å². The van der Waals surface area contributed by atoms with Gasteiger partial charge >= 0.3 is 0 Å². The summed E-state index contributed by atoms with van der Waals surface area (Å²) in [6, 6.07) is 21.8. The van der Waals surface area contributed by atoms with E-state index in [0.717, 1.165) is 60.8 Å². The number of hydrogen-bond donors (Lipinski definition) is 1. The Hall–Kier alpha value is -3.71. The summed E-state index contributed by atoms with van der Waals surface area (Å²) in [5.74, 6) is 2.33. The molecule has 1 aliphatic heterocycles. The molecule has 34 heavy (non-hydrogen) atoms. The van der Waals surface area contributed by atoms with E-state index in [1.165, 1.54) is 0 Å². The maximum atomic E-state index is 12.4. The molecule has 0 atom stereocenters. The molecule has 7 nitrogen and oxygen atoms in total. The molecular weight excluding hydrogens is 426 g/mol. The molecule has 0 unspecified atom stereocenters. The lowest BCUT2D eigenvalue weighted by molar-refractivity contribution is -0.117. The molecule has 2 aromatic carbocycles. The quantitative estimate of drug-likeness (QED) is 0.427. The fraction of sp³-hybridized carbons (Fsp3) is 0.296. The van der Waals surface area contributed by atoms with Crippen molar-refractivity contribution in [2.24, 2.45) is 5.92 Å². The van der Waals surface area contributed by atoms with Crippen molar-refractivity contribution in [3.63, 3.8) is 0 Å². The number of nitrogens with one attached hydrogen (secondary N) is 1. The highest BCUT2D eigenvalue weighted by Gasteiger charge is 2.23. The summed E-state index contributed by atoms with van der Waals surface area (Å²) in [5, 5.41) is 2.92. The van der Waals surface area contributed by atoms with Crippen molar-refractivity contribution in [2.45, 2.75) is 26.0 Å². The van der Waals surface area contributed by atoms with E-state index in [2.05, 4.69) is 38.0 Å². The number of anilines is 1. The summed E-state index contributed by atoms with van der Waals surface area (Å²) in [6.07, 6.45) is 5.46. The fourth-order valence-electron chi connectivity index (χ4n) is 4.53. The van der Waals surface area contributed by atoms with E-state index >= 15 is 0 Å². The molecule has 1 amide bonds. The largest absolute Gasteiger partial charge is 0.486 e. The van der Waals surface area contributed by atoms with E-state index in [1.54, 1.807) is 12.4 Å². The molecule has 0 bridgehead atoms. The Balaban J connectivity index is 1.19. The molecule has 0 spiro atoms. The van der Waals surface area contributed by atoms with E-state index in [-0.39, 0.29) is 5.91 Å². The van der Waals surface area contributed by atoms with Crippen LogP contribution in [-0.2, 0) is 17.9 Å². The number of rotatable bonds is 8. The topological polar surface area (TPSA) is 72.3 Å². The van der Waals surface area contributed by atoms with Crippen molar-refractivity contribution in [1.82, 2.24) is 19.4 Å². The Morgan fingerprint density at radius 1 is 1.00 bits per heavy atom. The minimum absolute atomic E-state index is 0.00685. The van der Waals surface area contributed by atoms with Gasteiger partial charge in [0.1, 0.15) is 18.2 Å². The van der Waals surface area contributed by atoms with E-state index in [9.17, 15) is 4.79 Å². The molecule has 5 rings (SSSR count). The van der Waals surface area contributed by atoms with Crippen LogP contribution in [0.15, 0.2) is 79.1 Å². The number of piperidine rings is 1. The van der Waals surface area contributed by atoms with Crippen molar-refractivity contribution in [3.8, 4) is 5.75 Å². The number of amides is 1. The zero-order valence-corrected chi connectivity index (χ0v) is 19.1. The number of imidazole rings is 1. The monoisotopic (exact) mass is 455 g/mol. The standard InChI is InChI=1S/C27H29N5O2/c33-27(29-22-7-6-14-28-17-22)19-31-15-12-21(13-16-31)18-32-25-11-5-4-10-24(25)30-26(32)20-34-23-8-2-1-3-9-23/h1-11,14,17,21H,12-13,15-16,18-20H2,(H,29,33). The normalized spacial score (nSPS) is 14.8. The number of pyridine rings is 1. The van der Waals surface area contributed by atoms with E-state index < -0.39 is 0 Å². The minimum Gasteiger partial charge on any atom is -0.486 e. The molecule has 1 aliphatic rings. The number of nitrogens with zero attached hydrogens (tertiary/aromatic N) is 4. The first kappa shape index (κ1) is 22.1. The number of ether oxygens (including phenoxy) is 1. The second-order valence-electron chi connectivity index (χ2n) is 8.74. The van der Waals surface area contributed by atoms with Crippen molar-refractivity contribution >= 4 is 22.6 Å². The van der Waals surface area contributed by atoms with Crippen LogP contribution in [0.1, 0.15) is 18.7 Å². The third kappa shape index (κ3) is 5.43. The summed E-state index contributed by atoms with van der Waals surface area (Å²) >= 11 is 0. The molecule has 0 saturated carbocycles. The van der Waals surface area contributed by atoms with Gasteiger partial charge in [-0.2, -0.15) is 0 Å². The fourth-order valence-corrected chi connectivity index (χ4v) is 4.53. The predicted octanol–water partition coefficient (Wildman–Crippen LogP) is 4.36. The molecule has 174 valence electrons. The highest BCUT2D eigenvalue weighted by atomic mass is 16.5. The van der Waals surface area contributed by atoms with E-state index in [4.69, 9.17) is 9.72 Å². The number of carbonyl (C=O) groups is 1. The van der Waals surface area contributed by atoms with Gasteiger partial charge < -0.3 is 14.6 Å². The molecule has 0 aliphatic carbocycles. The Labute approximate surface area is 199 Å². The molecular formula is C27H29N5O2. The molecule has 1 fully saturated rings. The van der Waals surface area contributed by atoms with Gasteiger partial charge in [0.2, 0.25) is 5.91 Å². The number of hydrogen-bond acceptors (Lipinski definition) is 5. The van der Waals surface area contributed by atoms with Gasteiger partial charge in [0.25, 0.3) is 0 Å². The van der Waals surface area contributed by atoms with Gasteiger partial charge in [-0.25, -0.2) is 4.98 Å². The van der Waals surface area contributed by atoms with Gasteiger partial charge in [-0.3, -0.25) is 14.7 Å². The average Bonchev–Trinajstić information content (AvgIpc) is 3.22. The smallest absolute Gasteiger partial charge is 0.238 e. The summed E-state index contributed by atoms with van der Waals surface area (Å²) in [6.45, 7) is 3.57. The molecule has 1 saturated heterocycles. The third-order valence-electron chi connectivity index (χ3n) is 6.31. The lowest BCUT2D eigenvalue weighted by atomic mass is 9.96. The first-order valence-corrected chi connectivity index (χ1v) is 11.8. The Kier molecular flexibility index (Phi) is 6.81. The van der Waals surface area contributed by atoms with Gasteiger partial charge in [-0.1, -0.05) is 30.3 Å². The zero-order valence-electron chi connectivity index (χ0n) is 19.1. The molecule has 4 aromatic rings. The van der Waals surface area contributed by atoms with Crippen LogP contribution in [0.3, 0.4) is 0 Å². The van der Waals surface area contributed by atoms with Crippen LogP contribution in [0.2, 0.25) is 0 Å². The second kappa shape index (κ2) is 10.5. The van der Waals surface area contributed by atoms with Crippen LogP contribution < -0.4 is 10.1 Å². The van der Waals surface area contributed by atoms with Gasteiger partial charge in [-0.05, 0) is 68.2 Å². The second-order valence-corrected chi connectivity index (χ2v) is 8.74. The summed E-state index contributed by atoms with van der Waals surface area (Å²) < 4.78 is 8.33. The number of aromatic nitrogens is 3. The Morgan fingerprint density at radius 2 is 1.79 bits per heavy atom. The van der Waals surface area contributed by atoms with Gasteiger partial charge in [0.15, 0.2) is 0 Å². The number of fused-ring (bicyclic) bond motifs is 1. The maximum Gasteiger partial charge on any atom is 0.238 e. The first-order chi connectivity index (χ1) is 16.7. The molecule has 3 heterocycles. The van der Waals surface area contributed by atoms with Crippen LogP contribution in [0.4, 0.5) is 5.69 Å². The molecule has 0 radical (unpaired) electrons. The number of para-hydroxylation sites is 3. The van der Waals surface area contributed by atoms with Crippen molar-refractivity contribution < 1.29 is 9.53 Å². The minimum atomic E-state index is 0.00685. The van der Waals surface area contributed by atoms with E-state index in [1.807, 2.05) is 48.5 Å². The van der Waals surface area contributed by atoms with Crippen LogP contribution in [0.25, 0.3) is 11.0 Å². The first-order valence-electron chi connectivity index (χ1n) is 11.8. The van der Waals surface area contributed by atoms with Crippen LogP contribution in [0, 0.1) is 5.92 Å². The number of benzene rings is 2. The highest BCUT2D eigenvalue weighted by molar-refractivity contribution is 5.92. The summed E-state index contributed by atoms with van der Waals surface area (Å²) in [4.78, 5) is 23.5. The zero-order chi connectivity index (χ0) is 23.2. The van der Waals surface area contributed by atoms with Crippen molar-refractivity contribution in [2.75, 3.05) is 25.0 Å². The predicted molar refractivity (Wildman–Crippen MR) is 133 cm³/mol. The number of carbonyl (C=O) groups excluding carboxylic acids is 1. The molecule has 1 N–H and O–H groups in total. The highest BCUT2D eigenvalue weighted by Crippen LogP contribution is 2.24. The maximum absolute atomic E-state index is 12.4. The van der Waals surface area contributed by atoms with Crippen LogP contribution in [0.5, 0.6) is 5.75 Å². The van der Waals surface area contributed by atoms with Crippen molar-refractivity contribution in [3.05, 3.63) is 84.9 Å². The lowest BCUT2D eigenvalue weighted by Gasteiger charge is -2.32. The SMILES string of the molecule is O=C(CN1CCC(Cn2c(COc3ccccc3)nc3ccccc32)CC1)Nc1cccnc1. The average molecular weight is 456 g/mol. The molecule has 2 aromatic heterocycles. The Morgan fingerprint density at radius 3 is 2.59 bits per heavy atom. The third-order valence-corrected chi connectivity index (χ3v) is 6.31. The number of likely N-dealkylation sites (tertiary alicyclic amines) is 1. The van der Waals surface area contributed by atoms with Crippen molar-refractivity contribution in [1.29, 1.82) is 0 Å².